The van der Waals surface area contributed by atoms with Gasteiger partial charge in [-0.3, -0.25) is 19.4 Å². The number of piperazine rings is 1. The maximum atomic E-state index is 12.3. The van der Waals surface area contributed by atoms with E-state index in [9.17, 15) is 9.59 Å². The molecular formula is C18H27N3O5. The highest BCUT2D eigenvalue weighted by Crippen LogP contribution is 2.32. The molecule has 2 N–H and O–H groups in total. The number of amides is 1. The fourth-order valence-electron chi connectivity index (χ4n) is 4.05. The average Bonchev–Trinajstić information content (AvgIpc) is 3.00. The third-order valence-electron chi connectivity index (χ3n) is 5.66. The minimum Gasteiger partial charge on any atom is -0.480 e. The Morgan fingerprint density at radius 1 is 1.23 bits per heavy atom. The van der Waals surface area contributed by atoms with Gasteiger partial charge >= 0.3 is 5.97 Å². The SMILES string of the molecule is CN1CCN(Cc2ccc(CO)o2)C[C@]12CCC(=O)N(CC(=O)O)CC2. The number of hydrogen-bond acceptors (Lipinski definition) is 6. The molecule has 3 heterocycles. The summed E-state index contributed by atoms with van der Waals surface area (Å²) >= 11 is 0. The molecule has 0 bridgehead atoms. The molecule has 1 aromatic heterocycles. The van der Waals surface area contributed by atoms with Crippen molar-refractivity contribution in [1.82, 2.24) is 14.7 Å². The first-order valence-electron chi connectivity index (χ1n) is 9.03. The van der Waals surface area contributed by atoms with Crippen LogP contribution in [0.4, 0.5) is 0 Å². The molecule has 1 amide bonds. The van der Waals surface area contributed by atoms with E-state index < -0.39 is 5.97 Å². The summed E-state index contributed by atoms with van der Waals surface area (Å²) in [5.41, 5.74) is -0.131. The fraction of sp³-hybridized carbons (Fsp3) is 0.667. The van der Waals surface area contributed by atoms with Crippen LogP contribution in [-0.2, 0) is 22.7 Å². The molecule has 8 heteroatoms. The molecular weight excluding hydrogens is 338 g/mol. The molecule has 1 spiro atoms. The number of carboxylic acids is 1. The first-order chi connectivity index (χ1) is 12.4. The van der Waals surface area contributed by atoms with Crippen LogP contribution in [-0.4, -0.2) is 82.1 Å². The van der Waals surface area contributed by atoms with Gasteiger partial charge in [-0.25, -0.2) is 0 Å². The second-order valence-corrected chi connectivity index (χ2v) is 7.34. The van der Waals surface area contributed by atoms with Gasteiger partial charge in [0, 0.05) is 38.1 Å². The zero-order valence-corrected chi connectivity index (χ0v) is 15.2. The first kappa shape index (κ1) is 18.9. The lowest BCUT2D eigenvalue weighted by Gasteiger charge is -2.49. The van der Waals surface area contributed by atoms with Gasteiger partial charge in [0.2, 0.25) is 5.91 Å². The van der Waals surface area contributed by atoms with Crippen LogP contribution in [0.5, 0.6) is 0 Å². The number of likely N-dealkylation sites (N-methyl/N-ethyl adjacent to an activating group) is 1. The summed E-state index contributed by atoms with van der Waals surface area (Å²) in [5, 5.41) is 18.2. The molecule has 0 unspecified atom stereocenters. The Bertz CT molecular complexity index is 661. The fourth-order valence-corrected chi connectivity index (χ4v) is 4.05. The number of carbonyl (C=O) groups is 2. The molecule has 1 atom stereocenters. The van der Waals surface area contributed by atoms with E-state index in [2.05, 4.69) is 16.8 Å². The molecule has 2 saturated heterocycles. The van der Waals surface area contributed by atoms with Gasteiger partial charge in [0.25, 0.3) is 0 Å². The summed E-state index contributed by atoms with van der Waals surface area (Å²) in [5.74, 6) is 0.345. The van der Waals surface area contributed by atoms with Gasteiger partial charge in [-0.15, -0.1) is 0 Å². The summed E-state index contributed by atoms with van der Waals surface area (Å²) in [6.07, 6.45) is 1.87. The maximum absolute atomic E-state index is 12.3. The van der Waals surface area contributed by atoms with Crippen molar-refractivity contribution in [2.45, 2.75) is 38.0 Å². The first-order valence-corrected chi connectivity index (χ1v) is 9.03. The van der Waals surface area contributed by atoms with Crippen LogP contribution >= 0.6 is 0 Å². The summed E-state index contributed by atoms with van der Waals surface area (Å²) < 4.78 is 5.61. The van der Waals surface area contributed by atoms with Crippen molar-refractivity contribution in [3.63, 3.8) is 0 Å². The zero-order chi connectivity index (χ0) is 18.7. The summed E-state index contributed by atoms with van der Waals surface area (Å²) in [4.78, 5) is 29.4. The standard InChI is InChI=1S/C18H27N3O5/c1-19-8-9-20(10-14-2-3-15(12-22)26-14)13-18(19)5-4-16(23)21(7-6-18)11-17(24)25/h2-3,22H,4-13H2,1H3,(H,24,25)/t18-/m1/s1. The number of carbonyl (C=O) groups excluding carboxylic acids is 1. The molecule has 2 aliphatic heterocycles. The molecule has 0 radical (unpaired) electrons. The van der Waals surface area contributed by atoms with E-state index in [1.54, 1.807) is 6.07 Å². The lowest BCUT2D eigenvalue weighted by molar-refractivity contribution is -0.144. The lowest BCUT2D eigenvalue weighted by Crippen LogP contribution is -2.60. The van der Waals surface area contributed by atoms with Gasteiger partial charge in [0.05, 0.1) is 6.54 Å². The molecule has 2 aliphatic rings. The molecule has 144 valence electrons. The van der Waals surface area contributed by atoms with Gasteiger partial charge in [-0.2, -0.15) is 0 Å². The molecule has 0 aliphatic carbocycles. The Balaban J connectivity index is 1.68. The Morgan fingerprint density at radius 2 is 2.00 bits per heavy atom. The number of aliphatic hydroxyl groups is 1. The maximum Gasteiger partial charge on any atom is 0.323 e. The normalized spacial score (nSPS) is 25.6. The number of aliphatic hydroxyl groups excluding tert-OH is 1. The molecule has 0 saturated carbocycles. The average molecular weight is 365 g/mol. The highest BCUT2D eigenvalue weighted by Gasteiger charge is 2.42. The van der Waals surface area contributed by atoms with Gasteiger partial charge in [0.1, 0.15) is 24.7 Å². The van der Waals surface area contributed by atoms with Gasteiger partial charge < -0.3 is 19.5 Å². The van der Waals surface area contributed by atoms with Gasteiger partial charge in [-0.1, -0.05) is 0 Å². The van der Waals surface area contributed by atoms with Crippen molar-refractivity contribution in [2.75, 3.05) is 39.8 Å². The van der Waals surface area contributed by atoms with Crippen LogP contribution in [0.3, 0.4) is 0 Å². The van der Waals surface area contributed by atoms with E-state index >= 15 is 0 Å². The monoisotopic (exact) mass is 365 g/mol. The number of likely N-dealkylation sites (tertiary alicyclic amines) is 1. The van der Waals surface area contributed by atoms with Crippen molar-refractivity contribution in [3.05, 3.63) is 23.7 Å². The number of hydrogen-bond donors (Lipinski definition) is 2. The van der Waals surface area contributed by atoms with E-state index in [4.69, 9.17) is 14.6 Å². The molecule has 26 heavy (non-hydrogen) atoms. The molecule has 8 nitrogen and oxygen atoms in total. The minimum atomic E-state index is -0.967. The van der Waals surface area contributed by atoms with Gasteiger partial charge in [-0.05, 0) is 32.0 Å². The van der Waals surface area contributed by atoms with E-state index in [1.807, 2.05) is 6.07 Å². The number of furan rings is 1. The Hall–Kier alpha value is -1.90. The second-order valence-electron chi connectivity index (χ2n) is 7.34. The van der Waals surface area contributed by atoms with E-state index in [1.165, 1.54) is 4.90 Å². The van der Waals surface area contributed by atoms with Crippen molar-refractivity contribution in [3.8, 4) is 0 Å². The van der Waals surface area contributed by atoms with Gasteiger partial charge in [0.15, 0.2) is 0 Å². The third-order valence-corrected chi connectivity index (χ3v) is 5.66. The van der Waals surface area contributed by atoms with Crippen molar-refractivity contribution in [2.24, 2.45) is 0 Å². The van der Waals surface area contributed by atoms with Crippen LogP contribution in [0, 0.1) is 0 Å². The van der Waals surface area contributed by atoms with Crippen LogP contribution in [0.1, 0.15) is 30.8 Å². The Morgan fingerprint density at radius 3 is 2.69 bits per heavy atom. The summed E-state index contributed by atoms with van der Waals surface area (Å²) in [7, 11) is 2.09. The number of rotatable bonds is 5. The highest BCUT2D eigenvalue weighted by atomic mass is 16.4. The van der Waals surface area contributed by atoms with Crippen LogP contribution in [0.25, 0.3) is 0 Å². The van der Waals surface area contributed by atoms with Crippen LogP contribution in [0.15, 0.2) is 16.5 Å². The lowest BCUT2D eigenvalue weighted by atomic mass is 9.86. The van der Waals surface area contributed by atoms with Crippen molar-refractivity contribution < 1.29 is 24.2 Å². The Kier molecular flexibility index (Phi) is 5.64. The predicted octanol–water partition coefficient (Wildman–Crippen LogP) is 0.355. The van der Waals surface area contributed by atoms with E-state index in [0.29, 0.717) is 25.3 Å². The highest BCUT2D eigenvalue weighted by molar-refractivity contribution is 5.81. The van der Waals surface area contributed by atoms with E-state index in [-0.39, 0.29) is 24.6 Å². The largest absolute Gasteiger partial charge is 0.480 e. The predicted molar refractivity (Wildman–Crippen MR) is 93.3 cm³/mol. The third kappa shape index (κ3) is 4.08. The number of nitrogens with zero attached hydrogens (tertiary/aromatic N) is 3. The number of carboxylic acid groups (broad SMARTS) is 1. The Labute approximate surface area is 153 Å². The van der Waals surface area contributed by atoms with Crippen LogP contribution < -0.4 is 0 Å². The minimum absolute atomic E-state index is 0.0755. The topological polar surface area (TPSA) is 97.5 Å². The van der Waals surface area contributed by atoms with Crippen molar-refractivity contribution >= 4 is 11.9 Å². The second kappa shape index (κ2) is 7.77. The molecule has 3 rings (SSSR count). The summed E-state index contributed by atoms with van der Waals surface area (Å²) in [6.45, 7) is 3.42. The summed E-state index contributed by atoms with van der Waals surface area (Å²) in [6, 6.07) is 3.68. The van der Waals surface area contributed by atoms with Crippen LogP contribution in [0.2, 0.25) is 0 Å². The van der Waals surface area contributed by atoms with E-state index in [0.717, 1.165) is 38.2 Å². The van der Waals surface area contributed by atoms with Crippen molar-refractivity contribution in [1.29, 1.82) is 0 Å². The molecule has 1 aromatic rings. The molecule has 2 fully saturated rings. The zero-order valence-electron chi connectivity index (χ0n) is 15.2. The number of aliphatic carboxylic acids is 1. The quantitative estimate of drug-likeness (QED) is 0.777. The smallest absolute Gasteiger partial charge is 0.323 e. The molecule has 0 aromatic carbocycles.